The normalized spacial score (nSPS) is 10.1. The monoisotopic (exact) mass is 334 g/mol. The third-order valence-corrected chi connectivity index (χ3v) is 2.98. The van der Waals surface area contributed by atoms with Crippen LogP contribution in [0.15, 0.2) is 22.7 Å². The van der Waals surface area contributed by atoms with E-state index in [4.69, 9.17) is 4.74 Å². The molecule has 1 rings (SSSR count). The maximum absolute atomic E-state index is 11.3. The molecule has 0 amide bonds. The highest BCUT2D eigenvalue weighted by molar-refractivity contribution is 9.10. The summed E-state index contributed by atoms with van der Waals surface area (Å²) in [6.45, 7) is 2.53. The van der Waals surface area contributed by atoms with Gasteiger partial charge in [-0.2, -0.15) is 0 Å². The van der Waals surface area contributed by atoms with Crippen molar-refractivity contribution in [2.75, 3.05) is 11.9 Å². The zero-order valence-corrected chi connectivity index (χ0v) is 11.6. The molecule has 0 aliphatic heterocycles. The highest BCUT2D eigenvalue weighted by Crippen LogP contribution is 2.24. The third-order valence-electron chi connectivity index (χ3n) is 1.87. The van der Waals surface area contributed by atoms with Gasteiger partial charge in [0.05, 0.1) is 11.9 Å². The molecule has 0 saturated heterocycles. The van der Waals surface area contributed by atoms with E-state index in [-0.39, 0.29) is 5.78 Å². The van der Waals surface area contributed by atoms with Gasteiger partial charge in [0.1, 0.15) is 11.5 Å². The topological polar surface area (TPSA) is 26.3 Å². The van der Waals surface area contributed by atoms with Gasteiger partial charge in [0.15, 0.2) is 0 Å². The summed E-state index contributed by atoms with van der Waals surface area (Å²) in [7, 11) is 0. The van der Waals surface area contributed by atoms with Crippen LogP contribution < -0.4 is 4.74 Å². The number of carbonyl (C=O) groups is 1. The molecule has 0 aliphatic carbocycles. The molecular weight excluding hydrogens is 324 g/mol. The average molecular weight is 336 g/mol. The highest BCUT2D eigenvalue weighted by atomic mass is 79.9. The van der Waals surface area contributed by atoms with Gasteiger partial charge in [-0.05, 0) is 19.1 Å². The number of Topliss-reactive ketones (excluding diaryl/α,β-unsaturated/α-hetero) is 1. The molecule has 0 spiro atoms. The number of ether oxygens (including phenoxy) is 1. The number of hydrogen-bond donors (Lipinski definition) is 0. The van der Waals surface area contributed by atoms with E-state index in [9.17, 15) is 4.79 Å². The van der Waals surface area contributed by atoms with Crippen LogP contribution in [0.2, 0.25) is 0 Å². The van der Waals surface area contributed by atoms with Crippen LogP contribution in [0.4, 0.5) is 0 Å². The Kier molecular flexibility index (Phi) is 5.32. The fourth-order valence-electron chi connectivity index (χ4n) is 1.22. The standard InChI is InChI=1S/C11H12Br2O2/c1-2-15-11-6-9(13)4-3-8(11)5-10(14)7-12/h3-4,6H,2,5,7H2,1H3. The van der Waals surface area contributed by atoms with Gasteiger partial charge in [-0.3, -0.25) is 4.79 Å². The lowest BCUT2D eigenvalue weighted by atomic mass is 10.1. The van der Waals surface area contributed by atoms with Crippen LogP contribution in [0.1, 0.15) is 12.5 Å². The van der Waals surface area contributed by atoms with Crippen molar-refractivity contribution < 1.29 is 9.53 Å². The van der Waals surface area contributed by atoms with E-state index >= 15 is 0 Å². The van der Waals surface area contributed by atoms with E-state index in [1.807, 2.05) is 25.1 Å². The zero-order valence-electron chi connectivity index (χ0n) is 8.43. The van der Waals surface area contributed by atoms with Gasteiger partial charge in [0.25, 0.3) is 0 Å². The molecule has 0 aromatic heterocycles. The molecule has 0 saturated carbocycles. The predicted octanol–water partition coefficient (Wildman–Crippen LogP) is 3.35. The Morgan fingerprint density at radius 1 is 1.47 bits per heavy atom. The van der Waals surface area contributed by atoms with Crippen LogP contribution >= 0.6 is 31.9 Å². The Morgan fingerprint density at radius 2 is 2.20 bits per heavy atom. The van der Waals surface area contributed by atoms with Crippen LogP contribution in [0.3, 0.4) is 0 Å². The Bertz CT molecular complexity index is 350. The second-order valence-corrected chi connectivity index (χ2v) is 4.51. The maximum Gasteiger partial charge on any atom is 0.147 e. The van der Waals surface area contributed by atoms with Crippen molar-refractivity contribution in [3.05, 3.63) is 28.2 Å². The number of carbonyl (C=O) groups excluding carboxylic acids is 1. The summed E-state index contributed by atoms with van der Waals surface area (Å²) in [5.41, 5.74) is 0.935. The van der Waals surface area contributed by atoms with Crippen molar-refractivity contribution in [3.8, 4) is 5.75 Å². The van der Waals surface area contributed by atoms with E-state index in [0.717, 1.165) is 15.8 Å². The minimum Gasteiger partial charge on any atom is -0.494 e. The molecule has 0 radical (unpaired) electrons. The van der Waals surface area contributed by atoms with Gasteiger partial charge >= 0.3 is 0 Å². The fourth-order valence-corrected chi connectivity index (χ4v) is 1.76. The molecule has 82 valence electrons. The second-order valence-electron chi connectivity index (χ2n) is 3.03. The van der Waals surface area contributed by atoms with E-state index in [1.165, 1.54) is 0 Å². The van der Waals surface area contributed by atoms with Crippen LogP contribution in [0.5, 0.6) is 5.75 Å². The van der Waals surface area contributed by atoms with Gasteiger partial charge in [0, 0.05) is 16.5 Å². The zero-order chi connectivity index (χ0) is 11.3. The number of halogens is 2. The molecule has 4 heteroatoms. The number of alkyl halides is 1. The largest absolute Gasteiger partial charge is 0.494 e. The van der Waals surface area contributed by atoms with E-state index < -0.39 is 0 Å². The van der Waals surface area contributed by atoms with Gasteiger partial charge in [-0.25, -0.2) is 0 Å². The fraction of sp³-hybridized carbons (Fsp3) is 0.364. The lowest BCUT2D eigenvalue weighted by molar-refractivity contribution is -0.115. The summed E-state index contributed by atoms with van der Waals surface area (Å²) in [4.78, 5) is 11.3. The lowest BCUT2D eigenvalue weighted by Gasteiger charge is -2.09. The Labute approximate surface area is 106 Å². The summed E-state index contributed by atoms with van der Waals surface area (Å²) in [5, 5.41) is 0.384. The molecule has 0 heterocycles. The number of hydrogen-bond acceptors (Lipinski definition) is 2. The molecule has 0 aliphatic rings. The first kappa shape index (κ1) is 12.7. The van der Waals surface area contributed by atoms with Gasteiger partial charge in [-0.1, -0.05) is 37.9 Å². The maximum atomic E-state index is 11.3. The summed E-state index contributed by atoms with van der Waals surface area (Å²) in [6.07, 6.45) is 0.411. The minimum absolute atomic E-state index is 0.151. The van der Waals surface area contributed by atoms with Crippen molar-refractivity contribution in [2.45, 2.75) is 13.3 Å². The summed E-state index contributed by atoms with van der Waals surface area (Å²) >= 11 is 6.53. The summed E-state index contributed by atoms with van der Waals surface area (Å²) in [6, 6.07) is 5.72. The molecule has 0 unspecified atom stereocenters. The Balaban J connectivity index is 2.89. The molecule has 1 aromatic rings. The molecule has 0 N–H and O–H groups in total. The first-order valence-electron chi connectivity index (χ1n) is 4.66. The SMILES string of the molecule is CCOc1cc(Br)ccc1CC(=O)CBr. The van der Waals surface area contributed by atoms with Gasteiger partial charge < -0.3 is 4.74 Å². The average Bonchev–Trinajstić information content (AvgIpc) is 2.22. The highest BCUT2D eigenvalue weighted by Gasteiger charge is 2.08. The van der Waals surface area contributed by atoms with Gasteiger partial charge in [-0.15, -0.1) is 0 Å². The van der Waals surface area contributed by atoms with Crippen molar-refractivity contribution in [1.29, 1.82) is 0 Å². The Morgan fingerprint density at radius 3 is 2.80 bits per heavy atom. The van der Waals surface area contributed by atoms with Crippen LogP contribution in [0.25, 0.3) is 0 Å². The van der Waals surface area contributed by atoms with E-state index in [2.05, 4.69) is 31.9 Å². The van der Waals surface area contributed by atoms with Gasteiger partial charge in [0.2, 0.25) is 0 Å². The second kappa shape index (κ2) is 6.28. The molecular formula is C11H12Br2O2. The summed E-state index contributed by atoms with van der Waals surface area (Å²) < 4.78 is 6.42. The molecule has 1 aromatic carbocycles. The molecule has 15 heavy (non-hydrogen) atoms. The third kappa shape index (κ3) is 3.95. The number of benzene rings is 1. The lowest BCUT2D eigenvalue weighted by Crippen LogP contribution is -2.06. The van der Waals surface area contributed by atoms with E-state index in [1.54, 1.807) is 0 Å². The molecule has 2 nitrogen and oxygen atoms in total. The minimum atomic E-state index is 0.151. The molecule has 0 bridgehead atoms. The number of rotatable bonds is 5. The van der Waals surface area contributed by atoms with Crippen LogP contribution in [0, 0.1) is 0 Å². The van der Waals surface area contributed by atoms with Crippen molar-refractivity contribution in [1.82, 2.24) is 0 Å². The summed E-state index contributed by atoms with van der Waals surface area (Å²) in [5.74, 6) is 0.930. The van der Waals surface area contributed by atoms with E-state index in [0.29, 0.717) is 18.4 Å². The Hall–Kier alpha value is -0.350. The smallest absolute Gasteiger partial charge is 0.147 e. The predicted molar refractivity (Wildman–Crippen MR) is 67.8 cm³/mol. The quantitative estimate of drug-likeness (QED) is 0.771. The first-order valence-corrected chi connectivity index (χ1v) is 6.57. The van der Waals surface area contributed by atoms with Crippen molar-refractivity contribution >= 4 is 37.6 Å². The number of ketones is 1. The molecule has 0 fully saturated rings. The van der Waals surface area contributed by atoms with Crippen LogP contribution in [-0.4, -0.2) is 17.7 Å². The molecule has 0 atom stereocenters. The first-order chi connectivity index (χ1) is 7.17. The van der Waals surface area contributed by atoms with Crippen molar-refractivity contribution in [2.24, 2.45) is 0 Å². The van der Waals surface area contributed by atoms with Crippen LogP contribution in [-0.2, 0) is 11.2 Å². The van der Waals surface area contributed by atoms with Crippen molar-refractivity contribution in [3.63, 3.8) is 0 Å².